The van der Waals surface area contributed by atoms with Crippen molar-refractivity contribution in [2.24, 2.45) is 0 Å². The number of carbonyl (C=O) groups is 2. The number of rotatable bonds is 6. The number of alkyl halides is 3. The predicted octanol–water partition coefficient (Wildman–Crippen LogP) is 5.61. The quantitative estimate of drug-likeness (QED) is 0.514. The van der Waals surface area contributed by atoms with Gasteiger partial charge in [0.15, 0.2) is 12.4 Å². The molecule has 3 aromatic carbocycles. The van der Waals surface area contributed by atoms with Crippen molar-refractivity contribution in [1.29, 1.82) is 0 Å². The minimum Gasteiger partial charge on any atom is -0.484 e. The summed E-state index contributed by atoms with van der Waals surface area (Å²) in [4.78, 5) is 24.4. The smallest absolute Gasteiger partial charge is 0.418 e. The molecule has 0 spiro atoms. The standard InChI is InChI=1S/C22H15ClF3NO3/c23-18-8-4-7-17(22(24,25)26)20(18)27-19(28)13-30-16-11-9-15(10-12-16)21(29)14-5-2-1-3-6-14/h1-12H,13H2,(H,27,28). The molecule has 0 aliphatic carbocycles. The first-order valence-corrected chi connectivity index (χ1v) is 9.11. The van der Waals surface area contributed by atoms with E-state index in [-0.39, 0.29) is 16.6 Å². The molecule has 0 aliphatic heterocycles. The van der Waals surface area contributed by atoms with E-state index in [9.17, 15) is 22.8 Å². The van der Waals surface area contributed by atoms with E-state index < -0.39 is 29.9 Å². The van der Waals surface area contributed by atoms with Gasteiger partial charge in [0.25, 0.3) is 5.91 Å². The van der Waals surface area contributed by atoms with Crippen molar-refractivity contribution in [2.75, 3.05) is 11.9 Å². The molecule has 30 heavy (non-hydrogen) atoms. The van der Waals surface area contributed by atoms with Crippen molar-refractivity contribution in [2.45, 2.75) is 6.18 Å². The molecule has 1 amide bonds. The molecule has 3 rings (SSSR count). The van der Waals surface area contributed by atoms with E-state index in [1.165, 1.54) is 18.2 Å². The summed E-state index contributed by atoms with van der Waals surface area (Å²) in [6.07, 6.45) is -4.67. The van der Waals surface area contributed by atoms with Gasteiger partial charge in [-0.2, -0.15) is 13.2 Å². The summed E-state index contributed by atoms with van der Waals surface area (Å²) < 4.78 is 44.6. The lowest BCUT2D eigenvalue weighted by atomic mass is 10.0. The van der Waals surface area contributed by atoms with Crippen molar-refractivity contribution in [1.82, 2.24) is 0 Å². The molecule has 0 heterocycles. The van der Waals surface area contributed by atoms with Gasteiger partial charge in [-0.15, -0.1) is 0 Å². The second-order valence-electron chi connectivity index (χ2n) is 6.22. The monoisotopic (exact) mass is 433 g/mol. The Labute approximate surface area is 175 Å². The lowest BCUT2D eigenvalue weighted by Gasteiger charge is -2.15. The second-order valence-corrected chi connectivity index (χ2v) is 6.62. The van der Waals surface area contributed by atoms with Crippen LogP contribution in [0.5, 0.6) is 5.75 Å². The number of carbonyl (C=O) groups excluding carboxylic acids is 2. The number of hydrogen-bond donors (Lipinski definition) is 1. The van der Waals surface area contributed by atoms with Gasteiger partial charge in [-0.25, -0.2) is 0 Å². The van der Waals surface area contributed by atoms with Gasteiger partial charge in [-0.1, -0.05) is 48.0 Å². The fourth-order valence-corrected chi connectivity index (χ4v) is 2.89. The number of hydrogen-bond acceptors (Lipinski definition) is 3. The summed E-state index contributed by atoms with van der Waals surface area (Å²) in [5.74, 6) is -0.693. The first-order valence-electron chi connectivity index (χ1n) is 8.74. The summed E-state index contributed by atoms with van der Waals surface area (Å²) in [7, 11) is 0. The molecule has 0 saturated carbocycles. The van der Waals surface area contributed by atoms with Crippen LogP contribution in [0.4, 0.5) is 18.9 Å². The van der Waals surface area contributed by atoms with E-state index >= 15 is 0 Å². The van der Waals surface area contributed by atoms with Crippen molar-refractivity contribution < 1.29 is 27.5 Å². The van der Waals surface area contributed by atoms with Gasteiger partial charge < -0.3 is 10.1 Å². The highest BCUT2D eigenvalue weighted by Gasteiger charge is 2.34. The van der Waals surface area contributed by atoms with E-state index in [1.807, 2.05) is 0 Å². The SMILES string of the molecule is O=C(COc1ccc(C(=O)c2ccccc2)cc1)Nc1c(Cl)cccc1C(F)(F)F. The van der Waals surface area contributed by atoms with E-state index in [1.54, 1.807) is 42.5 Å². The molecule has 0 aliphatic rings. The highest BCUT2D eigenvalue weighted by Crippen LogP contribution is 2.38. The molecule has 4 nitrogen and oxygen atoms in total. The Morgan fingerprint density at radius 2 is 1.50 bits per heavy atom. The Balaban J connectivity index is 1.63. The molecule has 0 radical (unpaired) electrons. The van der Waals surface area contributed by atoms with Gasteiger partial charge in [-0.3, -0.25) is 9.59 Å². The summed E-state index contributed by atoms with van der Waals surface area (Å²) in [5.41, 5.74) is -0.606. The van der Waals surface area contributed by atoms with Crippen LogP contribution in [0.3, 0.4) is 0 Å². The van der Waals surface area contributed by atoms with Crippen LogP contribution in [0.25, 0.3) is 0 Å². The van der Waals surface area contributed by atoms with Crippen LogP contribution in [-0.4, -0.2) is 18.3 Å². The van der Waals surface area contributed by atoms with Gasteiger partial charge in [0.2, 0.25) is 0 Å². The first kappa shape index (κ1) is 21.4. The predicted molar refractivity (Wildman–Crippen MR) is 107 cm³/mol. The second kappa shape index (κ2) is 9.00. The molecular formula is C22H15ClF3NO3. The van der Waals surface area contributed by atoms with Crippen molar-refractivity contribution in [3.05, 3.63) is 94.5 Å². The van der Waals surface area contributed by atoms with Crippen LogP contribution < -0.4 is 10.1 Å². The molecule has 1 N–H and O–H groups in total. The molecule has 0 unspecified atom stereocenters. The lowest BCUT2D eigenvalue weighted by Crippen LogP contribution is -2.22. The number of ether oxygens (including phenoxy) is 1. The maximum Gasteiger partial charge on any atom is 0.418 e. The number of nitrogens with one attached hydrogen (secondary N) is 1. The third kappa shape index (κ3) is 5.18. The van der Waals surface area contributed by atoms with Crippen LogP contribution in [0.1, 0.15) is 21.5 Å². The Hall–Kier alpha value is -3.32. The average molecular weight is 434 g/mol. The van der Waals surface area contributed by atoms with Gasteiger partial charge in [0, 0.05) is 11.1 Å². The van der Waals surface area contributed by atoms with Crippen molar-refractivity contribution in [3.8, 4) is 5.75 Å². The minimum atomic E-state index is -4.67. The maximum atomic E-state index is 13.1. The fourth-order valence-electron chi connectivity index (χ4n) is 2.67. The highest BCUT2D eigenvalue weighted by atomic mass is 35.5. The van der Waals surface area contributed by atoms with Crippen LogP contribution in [-0.2, 0) is 11.0 Å². The molecule has 0 aromatic heterocycles. The Morgan fingerprint density at radius 1 is 0.867 bits per heavy atom. The van der Waals surface area contributed by atoms with Crippen LogP contribution in [0, 0.1) is 0 Å². The van der Waals surface area contributed by atoms with Gasteiger partial charge >= 0.3 is 6.18 Å². The van der Waals surface area contributed by atoms with E-state index in [2.05, 4.69) is 5.32 Å². The number of benzene rings is 3. The molecular weight excluding hydrogens is 419 g/mol. The third-order valence-electron chi connectivity index (χ3n) is 4.11. The van der Waals surface area contributed by atoms with E-state index in [0.29, 0.717) is 11.1 Å². The number of amides is 1. The lowest BCUT2D eigenvalue weighted by molar-refractivity contribution is -0.137. The molecule has 0 fully saturated rings. The normalized spacial score (nSPS) is 11.1. The summed E-state index contributed by atoms with van der Waals surface area (Å²) in [5, 5.41) is 1.90. The van der Waals surface area contributed by atoms with Crippen LogP contribution >= 0.6 is 11.6 Å². The topological polar surface area (TPSA) is 55.4 Å². The Bertz CT molecular complexity index is 1050. The van der Waals surface area contributed by atoms with Gasteiger partial charge in [0.1, 0.15) is 5.75 Å². The fraction of sp³-hybridized carbons (Fsp3) is 0.0909. The van der Waals surface area contributed by atoms with Gasteiger partial charge in [0.05, 0.1) is 16.3 Å². The number of para-hydroxylation sites is 1. The van der Waals surface area contributed by atoms with Crippen LogP contribution in [0.2, 0.25) is 5.02 Å². The Kier molecular flexibility index (Phi) is 6.42. The largest absolute Gasteiger partial charge is 0.484 e. The zero-order chi connectivity index (χ0) is 21.7. The minimum absolute atomic E-state index is 0.168. The van der Waals surface area contributed by atoms with Crippen molar-refractivity contribution >= 4 is 29.0 Å². The highest BCUT2D eigenvalue weighted by molar-refractivity contribution is 6.34. The van der Waals surface area contributed by atoms with Crippen molar-refractivity contribution in [3.63, 3.8) is 0 Å². The van der Waals surface area contributed by atoms with E-state index in [4.69, 9.17) is 16.3 Å². The summed E-state index contributed by atoms with van der Waals surface area (Å²) in [6.45, 7) is -0.533. The summed E-state index contributed by atoms with van der Waals surface area (Å²) >= 11 is 5.81. The third-order valence-corrected chi connectivity index (χ3v) is 4.42. The van der Waals surface area contributed by atoms with E-state index in [0.717, 1.165) is 12.1 Å². The zero-order valence-electron chi connectivity index (χ0n) is 15.4. The van der Waals surface area contributed by atoms with Gasteiger partial charge in [-0.05, 0) is 36.4 Å². The zero-order valence-corrected chi connectivity index (χ0v) is 16.1. The number of anilines is 1. The molecule has 0 bridgehead atoms. The molecule has 154 valence electrons. The average Bonchev–Trinajstić information content (AvgIpc) is 2.73. The molecule has 3 aromatic rings. The molecule has 0 saturated heterocycles. The van der Waals surface area contributed by atoms with Crippen LogP contribution in [0.15, 0.2) is 72.8 Å². The number of halogens is 4. The maximum absolute atomic E-state index is 13.1. The Morgan fingerprint density at radius 3 is 2.13 bits per heavy atom. The molecule has 8 heteroatoms. The number of ketones is 1. The molecule has 0 atom stereocenters. The first-order chi connectivity index (χ1) is 14.3. The summed E-state index contributed by atoms with van der Waals surface area (Å²) in [6, 6.07) is 18.0.